The van der Waals surface area contributed by atoms with E-state index in [2.05, 4.69) is 48.3 Å². The van der Waals surface area contributed by atoms with Gasteiger partial charge < -0.3 is 0 Å². The highest BCUT2D eigenvalue weighted by Gasteiger charge is 1.93. The fourth-order valence-corrected chi connectivity index (χ4v) is 1.35. The van der Waals surface area contributed by atoms with Crippen molar-refractivity contribution in [2.75, 3.05) is 0 Å². The number of benzene rings is 1. The maximum Gasteiger partial charge on any atom is 0.0589 e. The Balaban J connectivity index is 2.10. The van der Waals surface area contributed by atoms with Crippen LogP contribution in [0.2, 0.25) is 0 Å². The molecule has 0 spiro atoms. The van der Waals surface area contributed by atoms with Gasteiger partial charge in [0.15, 0.2) is 0 Å². The number of hydrogen-bond donors (Lipinski definition) is 0. The van der Waals surface area contributed by atoms with Crippen LogP contribution in [0.1, 0.15) is 17.5 Å². The quantitative estimate of drug-likeness (QED) is 0.666. The second kappa shape index (κ2) is 4.05. The molecule has 0 fully saturated rings. The smallest absolute Gasteiger partial charge is 0.0589 e. The summed E-state index contributed by atoms with van der Waals surface area (Å²) in [6.45, 7) is 2.09. The lowest BCUT2D eigenvalue weighted by Crippen LogP contribution is -1.73. The van der Waals surface area contributed by atoms with Crippen LogP contribution in [-0.4, -0.2) is 6.21 Å². The second-order valence-corrected chi connectivity index (χ2v) is 3.42. The van der Waals surface area contributed by atoms with E-state index in [1.807, 2.05) is 12.3 Å². The molecule has 0 unspecified atom stereocenters. The molecule has 70 valence electrons. The molecule has 1 nitrogen and oxygen atoms in total. The molecule has 0 aliphatic carbocycles. The maximum atomic E-state index is 4.22. The number of nitrogens with zero attached hydrogens (tertiary/aromatic N) is 1. The van der Waals surface area contributed by atoms with E-state index in [0.717, 1.165) is 12.1 Å². The van der Waals surface area contributed by atoms with Crippen LogP contribution in [0.25, 0.3) is 6.08 Å². The minimum absolute atomic E-state index is 0.966. The van der Waals surface area contributed by atoms with E-state index in [1.165, 1.54) is 11.1 Å². The van der Waals surface area contributed by atoms with Crippen molar-refractivity contribution in [2.45, 2.75) is 13.3 Å². The normalized spacial score (nSPS) is 15.1. The lowest BCUT2D eigenvalue weighted by Gasteiger charge is -1.94. The first kappa shape index (κ1) is 8.95. The van der Waals surface area contributed by atoms with Crippen molar-refractivity contribution in [1.29, 1.82) is 0 Å². The third-order valence-electron chi connectivity index (χ3n) is 2.20. The highest BCUT2D eigenvalue weighted by molar-refractivity contribution is 5.67. The summed E-state index contributed by atoms with van der Waals surface area (Å²) in [5.41, 5.74) is 3.57. The van der Waals surface area contributed by atoms with Crippen molar-refractivity contribution in [1.82, 2.24) is 0 Å². The van der Waals surface area contributed by atoms with Gasteiger partial charge in [0, 0.05) is 12.6 Å². The van der Waals surface area contributed by atoms with Crippen molar-refractivity contribution in [3.8, 4) is 0 Å². The van der Waals surface area contributed by atoms with Gasteiger partial charge in [0.1, 0.15) is 0 Å². The van der Waals surface area contributed by atoms with Crippen LogP contribution in [-0.2, 0) is 0 Å². The van der Waals surface area contributed by atoms with Gasteiger partial charge >= 0.3 is 0 Å². The van der Waals surface area contributed by atoms with Crippen molar-refractivity contribution in [3.05, 3.63) is 53.2 Å². The number of allylic oxidation sites excluding steroid dienone is 2. The summed E-state index contributed by atoms with van der Waals surface area (Å²) in [6.07, 6.45) is 9.15. The molecule has 0 saturated carbocycles. The first-order valence-corrected chi connectivity index (χ1v) is 4.82. The summed E-state index contributed by atoms with van der Waals surface area (Å²) in [5, 5.41) is 0. The fourth-order valence-electron chi connectivity index (χ4n) is 1.35. The number of hydrogen-bond acceptors (Lipinski definition) is 1. The van der Waals surface area contributed by atoms with Crippen LogP contribution >= 0.6 is 0 Å². The van der Waals surface area contributed by atoms with E-state index in [1.54, 1.807) is 0 Å². The molecule has 0 aromatic heterocycles. The van der Waals surface area contributed by atoms with Gasteiger partial charge in [-0.3, -0.25) is 4.99 Å². The standard InChI is InChI=1S/C13H13N/c1-11-4-6-12(7-5-11)8-9-13-3-2-10-14-13/h3-10H,2H2,1H3/b9-8+. The van der Waals surface area contributed by atoms with Crippen molar-refractivity contribution in [3.63, 3.8) is 0 Å². The highest BCUT2D eigenvalue weighted by atomic mass is 14.7. The molecule has 1 aliphatic rings. The summed E-state index contributed by atoms with van der Waals surface area (Å²) in [6, 6.07) is 8.47. The average molecular weight is 183 g/mol. The largest absolute Gasteiger partial charge is 0.261 e. The van der Waals surface area contributed by atoms with E-state index < -0.39 is 0 Å². The third kappa shape index (κ3) is 2.19. The lowest BCUT2D eigenvalue weighted by atomic mass is 10.1. The molecule has 0 radical (unpaired) electrons. The second-order valence-electron chi connectivity index (χ2n) is 3.42. The summed E-state index contributed by atoms with van der Waals surface area (Å²) in [7, 11) is 0. The third-order valence-corrected chi connectivity index (χ3v) is 2.20. The Labute approximate surface area is 84.5 Å². The van der Waals surface area contributed by atoms with Gasteiger partial charge in [-0.2, -0.15) is 0 Å². The molecular weight excluding hydrogens is 170 g/mol. The summed E-state index contributed by atoms with van der Waals surface area (Å²) in [4.78, 5) is 4.22. The van der Waals surface area contributed by atoms with Crippen LogP contribution in [0.15, 0.2) is 47.1 Å². The molecule has 14 heavy (non-hydrogen) atoms. The van der Waals surface area contributed by atoms with Gasteiger partial charge in [0.05, 0.1) is 5.70 Å². The van der Waals surface area contributed by atoms with Gasteiger partial charge in [-0.1, -0.05) is 42.0 Å². The molecule has 0 saturated heterocycles. The number of rotatable bonds is 2. The molecule has 2 rings (SSSR count). The average Bonchev–Trinajstić information content (AvgIpc) is 2.70. The maximum absolute atomic E-state index is 4.22. The molecule has 0 atom stereocenters. The number of aryl methyl sites for hydroxylation is 1. The van der Waals surface area contributed by atoms with Crippen molar-refractivity contribution < 1.29 is 0 Å². The van der Waals surface area contributed by atoms with Gasteiger partial charge in [-0.05, 0) is 18.6 Å². The Morgan fingerprint density at radius 2 is 1.93 bits per heavy atom. The zero-order valence-electron chi connectivity index (χ0n) is 8.27. The predicted octanol–water partition coefficient (Wildman–Crippen LogP) is 3.37. The lowest BCUT2D eigenvalue weighted by molar-refractivity contribution is 1.44. The minimum Gasteiger partial charge on any atom is -0.261 e. The highest BCUT2D eigenvalue weighted by Crippen LogP contribution is 2.10. The van der Waals surface area contributed by atoms with Gasteiger partial charge in [-0.25, -0.2) is 0 Å². The first-order valence-electron chi connectivity index (χ1n) is 4.82. The van der Waals surface area contributed by atoms with Crippen LogP contribution < -0.4 is 0 Å². The summed E-state index contributed by atoms with van der Waals surface area (Å²) >= 11 is 0. The van der Waals surface area contributed by atoms with Crippen LogP contribution in [0.3, 0.4) is 0 Å². The zero-order chi connectivity index (χ0) is 9.80. The van der Waals surface area contributed by atoms with Gasteiger partial charge in [0.2, 0.25) is 0 Å². The first-order chi connectivity index (χ1) is 6.84. The van der Waals surface area contributed by atoms with Crippen LogP contribution in [0.4, 0.5) is 0 Å². The summed E-state index contributed by atoms with van der Waals surface area (Å²) in [5.74, 6) is 0. The molecule has 1 aromatic carbocycles. The molecule has 0 N–H and O–H groups in total. The summed E-state index contributed by atoms with van der Waals surface area (Å²) < 4.78 is 0. The molecule has 0 amide bonds. The zero-order valence-corrected chi connectivity index (χ0v) is 8.27. The van der Waals surface area contributed by atoms with E-state index >= 15 is 0 Å². The Morgan fingerprint density at radius 1 is 1.14 bits per heavy atom. The Bertz CT molecular complexity index is 394. The van der Waals surface area contributed by atoms with Crippen molar-refractivity contribution in [2.24, 2.45) is 4.99 Å². The van der Waals surface area contributed by atoms with Gasteiger partial charge in [-0.15, -0.1) is 0 Å². The molecule has 1 heterocycles. The van der Waals surface area contributed by atoms with E-state index in [0.29, 0.717) is 0 Å². The monoisotopic (exact) mass is 183 g/mol. The fraction of sp³-hybridized carbons (Fsp3) is 0.154. The van der Waals surface area contributed by atoms with Crippen LogP contribution in [0.5, 0.6) is 0 Å². The van der Waals surface area contributed by atoms with E-state index in [9.17, 15) is 0 Å². The molecule has 1 heteroatoms. The van der Waals surface area contributed by atoms with Gasteiger partial charge in [0.25, 0.3) is 0 Å². The van der Waals surface area contributed by atoms with E-state index in [-0.39, 0.29) is 0 Å². The minimum atomic E-state index is 0.966. The molecule has 1 aliphatic heterocycles. The SMILES string of the molecule is Cc1ccc(/C=C/C2=CCC=N2)cc1. The Morgan fingerprint density at radius 3 is 2.57 bits per heavy atom. The Kier molecular flexibility index (Phi) is 2.59. The molecule has 0 bridgehead atoms. The topological polar surface area (TPSA) is 12.4 Å². The molecular formula is C13H13N. The van der Waals surface area contributed by atoms with E-state index in [4.69, 9.17) is 0 Å². The number of aliphatic imine (C=N–C) groups is 1. The Hall–Kier alpha value is -1.63. The molecule has 1 aromatic rings. The van der Waals surface area contributed by atoms with Crippen LogP contribution in [0, 0.1) is 6.92 Å². The van der Waals surface area contributed by atoms with Crippen molar-refractivity contribution >= 4 is 12.3 Å². The predicted molar refractivity (Wildman–Crippen MR) is 61.4 cm³/mol.